The second kappa shape index (κ2) is 10.3. The molecule has 0 amide bonds. The monoisotopic (exact) mass is 436 g/mol. The third-order valence-corrected chi connectivity index (χ3v) is 4.53. The summed E-state index contributed by atoms with van der Waals surface area (Å²) in [5.41, 5.74) is 1.72. The third-order valence-electron chi connectivity index (χ3n) is 4.04. The molecule has 0 aliphatic heterocycles. The van der Waals surface area contributed by atoms with Crippen molar-refractivity contribution in [2.45, 2.75) is 40.0 Å². The zero-order chi connectivity index (χ0) is 19.8. The lowest BCUT2D eigenvalue weighted by Gasteiger charge is -2.09. The lowest BCUT2D eigenvalue weighted by Crippen LogP contribution is -2.10. The van der Waals surface area contributed by atoms with Crippen LogP contribution in [0.3, 0.4) is 0 Å². The van der Waals surface area contributed by atoms with Gasteiger partial charge in [-0.1, -0.05) is 47.8 Å². The van der Waals surface area contributed by atoms with Crippen molar-refractivity contribution in [3.63, 3.8) is 0 Å². The van der Waals surface area contributed by atoms with Gasteiger partial charge >= 0.3 is 11.9 Å². The summed E-state index contributed by atoms with van der Waals surface area (Å²) in [4.78, 5) is 25.5. The van der Waals surface area contributed by atoms with E-state index in [2.05, 4.69) is 22.9 Å². The Morgan fingerprint density at radius 2 is 1.63 bits per heavy atom. The van der Waals surface area contributed by atoms with Gasteiger partial charge < -0.3 is 14.2 Å². The van der Waals surface area contributed by atoms with E-state index in [0.717, 1.165) is 23.7 Å². The Bertz CT molecular complexity index is 772. The fourth-order valence-corrected chi connectivity index (χ4v) is 3.25. The first-order valence-corrected chi connectivity index (χ1v) is 10.1. The van der Waals surface area contributed by atoms with Crippen LogP contribution in [-0.2, 0) is 9.47 Å². The maximum atomic E-state index is 12.8. The third kappa shape index (κ3) is 5.01. The molecule has 0 spiro atoms. The van der Waals surface area contributed by atoms with Gasteiger partial charge in [0.05, 0.1) is 19.8 Å². The van der Waals surface area contributed by atoms with Crippen LogP contribution in [0.5, 0.6) is 5.75 Å². The van der Waals surface area contributed by atoms with Crippen LogP contribution >= 0.6 is 15.9 Å². The van der Waals surface area contributed by atoms with Crippen LogP contribution in [0, 0.1) is 0 Å². The van der Waals surface area contributed by atoms with Crippen molar-refractivity contribution in [2.24, 2.45) is 0 Å². The van der Waals surface area contributed by atoms with Gasteiger partial charge in [-0.2, -0.15) is 0 Å². The summed E-state index contributed by atoms with van der Waals surface area (Å²) in [6.07, 6.45) is 2.83. The van der Waals surface area contributed by atoms with Gasteiger partial charge in [-0.25, -0.2) is 9.59 Å². The molecule has 0 aromatic rings. The van der Waals surface area contributed by atoms with Gasteiger partial charge in [-0.15, -0.1) is 0 Å². The number of hydrogen-bond acceptors (Lipinski definition) is 5. The highest BCUT2D eigenvalue weighted by Gasteiger charge is 2.33. The SMILES string of the molecule is CCCCCOC(=O)c1c2cccc(Br)cc-2c(C(=O)OCC)c1OCC. The smallest absolute Gasteiger partial charge is 0.342 e. The number of rotatable bonds is 9. The van der Waals surface area contributed by atoms with Gasteiger partial charge in [0.2, 0.25) is 0 Å². The highest BCUT2D eigenvalue weighted by molar-refractivity contribution is 9.10. The molecule has 2 rings (SSSR count). The molecule has 0 unspecified atom stereocenters. The maximum absolute atomic E-state index is 12.8. The number of hydrogen-bond donors (Lipinski definition) is 0. The largest absolute Gasteiger partial charge is 0.492 e. The van der Waals surface area contributed by atoms with Gasteiger partial charge in [-0.05, 0) is 32.4 Å². The van der Waals surface area contributed by atoms with E-state index in [4.69, 9.17) is 14.2 Å². The van der Waals surface area contributed by atoms with Crippen molar-refractivity contribution in [1.82, 2.24) is 0 Å². The second-order valence-corrected chi connectivity index (χ2v) is 6.87. The first-order chi connectivity index (χ1) is 13.0. The molecule has 27 heavy (non-hydrogen) atoms. The number of carbonyl (C=O) groups excluding carboxylic acids is 2. The Morgan fingerprint density at radius 3 is 2.30 bits per heavy atom. The molecule has 2 aliphatic rings. The van der Waals surface area contributed by atoms with E-state index < -0.39 is 11.9 Å². The molecule has 0 saturated carbocycles. The molecule has 0 heterocycles. The van der Waals surface area contributed by atoms with Gasteiger partial charge in [0.1, 0.15) is 16.9 Å². The quantitative estimate of drug-likeness (QED) is 0.384. The van der Waals surface area contributed by atoms with Crippen molar-refractivity contribution in [3.05, 3.63) is 39.9 Å². The predicted octanol–water partition coefficient (Wildman–Crippen LogP) is 5.48. The minimum Gasteiger partial charge on any atom is -0.492 e. The summed E-state index contributed by atoms with van der Waals surface area (Å²) in [6, 6.07) is 7.22. The fraction of sp³-hybridized carbons (Fsp3) is 0.429. The normalized spacial score (nSPS) is 10.7. The Labute approximate surface area is 168 Å². The fourth-order valence-electron chi connectivity index (χ4n) is 2.87. The van der Waals surface area contributed by atoms with Gasteiger partial charge in [-0.3, -0.25) is 0 Å². The molecule has 0 aromatic carbocycles. The van der Waals surface area contributed by atoms with Crippen molar-refractivity contribution >= 4 is 27.9 Å². The summed E-state index contributed by atoms with van der Waals surface area (Å²) in [5.74, 6) is -0.781. The van der Waals surface area contributed by atoms with Crippen LogP contribution in [0.25, 0.3) is 11.1 Å². The van der Waals surface area contributed by atoms with Crippen LogP contribution in [-0.4, -0.2) is 31.8 Å². The first-order valence-electron chi connectivity index (χ1n) is 9.27. The summed E-state index contributed by atoms with van der Waals surface area (Å²) >= 11 is 3.44. The standard InChI is InChI=1S/C21H25BrO5/c1-4-7-8-12-27-21(24)17-15-11-9-10-14(22)13-16(15)18(19(17)25-5-2)20(23)26-6-3/h9-11,13H,4-8,12H2,1-3H3. The molecule has 0 bridgehead atoms. The molecule has 0 saturated heterocycles. The van der Waals surface area contributed by atoms with Crippen molar-refractivity contribution in [2.75, 3.05) is 19.8 Å². The molecule has 5 nitrogen and oxygen atoms in total. The van der Waals surface area contributed by atoms with E-state index in [1.54, 1.807) is 26.0 Å². The maximum Gasteiger partial charge on any atom is 0.342 e. The number of fused-ring (bicyclic) bond motifs is 1. The Hall–Kier alpha value is -2.08. The molecule has 0 atom stereocenters. The Morgan fingerprint density at radius 1 is 0.926 bits per heavy atom. The summed E-state index contributed by atoms with van der Waals surface area (Å²) in [5, 5.41) is 0. The second-order valence-electron chi connectivity index (χ2n) is 5.96. The van der Waals surface area contributed by atoms with E-state index >= 15 is 0 Å². The number of carbonyl (C=O) groups is 2. The lowest BCUT2D eigenvalue weighted by atomic mass is 10.1. The minimum absolute atomic E-state index is 0.226. The van der Waals surface area contributed by atoms with Gasteiger partial charge in [0.15, 0.2) is 0 Å². The molecular weight excluding hydrogens is 412 g/mol. The van der Waals surface area contributed by atoms with E-state index in [0.29, 0.717) is 24.3 Å². The minimum atomic E-state index is -0.519. The Kier molecular flexibility index (Phi) is 8.10. The summed E-state index contributed by atoms with van der Waals surface area (Å²) in [7, 11) is 0. The van der Waals surface area contributed by atoms with Crippen molar-refractivity contribution in [3.8, 4) is 16.9 Å². The molecule has 0 fully saturated rings. The van der Waals surface area contributed by atoms with E-state index in [1.165, 1.54) is 0 Å². The molecule has 146 valence electrons. The molecule has 6 heteroatoms. The first kappa shape index (κ1) is 21.2. The average molecular weight is 437 g/mol. The summed E-state index contributed by atoms with van der Waals surface area (Å²) in [6.45, 7) is 6.51. The van der Waals surface area contributed by atoms with Crippen LogP contribution in [0.1, 0.15) is 60.7 Å². The number of esters is 2. The van der Waals surface area contributed by atoms with Gasteiger partial charge in [0.25, 0.3) is 0 Å². The molecule has 0 N–H and O–H groups in total. The Balaban J connectivity index is 2.58. The number of unbranched alkanes of at least 4 members (excludes halogenated alkanes) is 2. The van der Waals surface area contributed by atoms with E-state index in [-0.39, 0.29) is 23.5 Å². The molecule has 0 radical (unpaired) electrons. The average Bonchev–Trinajstić information content (AvgIpc) is 2.79. The van der Waals surface area contributed by atoms with Crippen molar-refractivity contribution in [1.29, 1.82) is 0 Å². The zero-order valence-corrected chi connectivity index (χ0v) is 17.6. The highest BCUT2D eigenvalue weighted by atomic mass is 79.9. The van der Waals surface area contributed by atoms with E-state index in [1.807, 2.05) is 12.1 Å². The molecular formula is C21H25BrO5. The van der Waals surface area contributed by atoms with Crippen LogP contribution in [0.15, 0.2) is 28.7 Å². The van der Waals surface area contributed by atoms with Crippen LogP contribution < -0.4 is 4.74 Å². The number of ether oxygens (including phenoxy) is 3. The lowest BCUT2D eigenvalue weighted by molar-refractivity contribution is 0.0495. The van der Waals surface area contributed by atoms with E-state index in [9.17, 15) is 9.59 Å². The van der Waals surface area contributed by atoms with Crippen LogP contribution in [0.2, 0.25) is 0 Å². The number of halogens is 1. The van der Waals surface area contributed by atoms with Crippen molar-refractivity contribution < 1.29 is 23.8 Å². The molecule has 2 aliphatic carbocycles. The molecule has 0 aromatic heterocycles. The summed E-state index contributed by atoms with van der Waals surface area (Å²) < 4.78 is 17.2. The predicted molar refractivity (Wildman–Crippen MR) is 108 cm³/mol. The zero-order valence-electron chi connectivity index (χ0n) is 16.0. The highest BCUT2D eigenvalue weighted by Crippen LogP contribution is 2.43. The topological polar surface area (TPSA) is 61.8 Å². The van der Waals surface area contributed by atoms with Crippen LogP contribution in [0.4, 0.5) is 0 Å². The van der Waals surface area contributed by atoms with Gasteiger partial charge in [0, 0.05) is 15.6 Å².